The van der Waals surface area contributed by atoms with Crippen LogP contribution in [-0.4, -0.2) is 57.3 Å². The van der Waals surface area contributed by atoms with Crippen molar-refractivity contribution in [2.75, 3.05) is 24.5 Å². The molecule has 1 N–H and O–H groups in total. The number of hydrogen-bond acceptors (Lipinski definition) is 5. The van der Waals surface area contributed by atoms with Crippen molar-refractivity contribution in [3.8, 4) is 0 Å². The summed E-state index contributed by atoms with van der Waals surface area (Å²) in [7, 11) is 0. The van der Waals surface area contributed by atoms with Crippen molar-refractivity contribution in [3.05, 3.63) is 22.4 Å². The molecule has 152 valence electrons. The van der Waals surface area contributed by atoms with Crippen molar-refractivity contribution in [3.63, 3.8) is 0 Å². The molecule has 0 bridgehead atoms. The Balaban J connectivity index is 2.13. The highest BCUT2D eigenvalue weighted by atomic mass is 79.9. The van der Waals surface area contributed by atoms with Gasteiger partial charge in [0.15, 0.2) is 5.82 Å². The lowest BCUT2D eigenvalue weighted by molar-refractivity contribution is -0.0328. The predicted octanol–water partition coefficient (Wildman–Crippen LogP) is 4.47. The number of anilines is 1. The summed E-state index contributed by atoms with van der Waals surface area (Å²) in [6.45, 7) is 1.92. The quantitative estimate of drug-likeness (QED) is 0.383. The first-order valence-corrected chi connectivity index (χ1v) is 9.44. The SMILES string of the molecule is C[C@H]1CN(C(=O)O)CCN1c1nc(F)nc2c(F)c(Br)c(SC(F)(F)F)cc12. The predicted molar refractivity (Wildman–Crippen MR) is 95.5 cm³/mol. The molecular weight excluding hydrogens is 475 g/mol. The summed E-state index contributed by atoms with van der Waals surface area (Å²) in [4.78, 5) is 20.4. The Labute approximate surface area is 167 Å². The number of alkyl halides is 3. The highest BCUT2D eigenvalue weighted by Crippen LogP contribution is 2.44. The Bertz CT molecular complexity index is 945. The van der Waals surface area contributed by atoms with E-state index in [1.54, 1.807) is 6.92 Å². The van der Waals surface area contributed by atoms with Gasteiger partial charge >= 0.3 is 17.7 Å². The number of hydrogen-bond donors (Lipinski definition) is 1. The highest BCUT2D eigenvalue weighted by Gasteiger charge is 2.33. The number of rotatable bonds is 2. The number of fused-ring (bicyclic) bond motifs is 1. The van der Waals surface area contributed by atoms with Crippen LogP contribution in [0.1, 0.15) is 6.92 Å². The van der Waals surface area contributed by atoms with Gasteiger partial charge in [-0.25, -0.2) is 9.18 Å². The molecule has 0 spiro atoms. The van der Waals surface area contributed by atoms with E-state index in [0.29, 0.717) is 0 Å². The highest BCUT2D eigenvalue weighted by molar-refractivity contribution is 9.10. The van der Waals surface area contributed by atoms with Crippen molar-refractivity contribution in [1.82, 2.24) is 14.9 Å². The smallest absolute Gasteiger partial charge is 0.446 e. The van der Waals surface area contributed by atoms with Crippen LogP contribution < -0.4 is 4.90 Å². The van der Waals surface area contributed by atoms with Crippen LogP contribution in [0.25, 0.3) is 10.9 Å². The second-order valence-corrected chi connectivity index (χ2v) is 7.93. The fourth-order valence-electron chi connectivity index (χ4n) is 3.00. The molecule has 28 heavy (non-hydrogen) atoms. The number of amides is 1. The average Bonchev–Trinajstić information content (AvgIpc) is 2.58. The van der Waals surface area contributed by atoms with Crippen LogP contribution >= 0.6 is 27.7 Å². The molecule has 2 heterocycles. The maximum Gasteiger partial charge on any atom is 0.446 e. The molecule has 1 saturated heterocycles. The minimum absolute atomic E-state index is 0.0750. The molecule has 3 rings (SSSR count). The fourth-order valence-corrected chi connectivity index (χ4v) is 4.15. The van der Waals surface area contributed by atoms with Gasteiger partial charge in [-0.1, -0.05) is 0 Å². The van der Waals surface area contributed by atoms with E-state index in [9.17, 15) is 26.7 Å². The molecule has 13 heteroatoms. The van der Waals surface area contributed by atoms with Crippen LogP contribution in [-0.2, 0) is 0 Å². The summed E-state index contributed by atoms with van der Waals surface area (Å²) in [5.41, 5.74) is -5.13. The number of carbonyl (C=O) groups is 1. The number of carboxylic acid groups (broad SMARTS) is 1. The number of benzene rings is 1. The summed E-state index contributed by atoms with van der Waals surface area (Å²) in [6.07, 6.45) is -2.36. The van der Waals surface area contributed by atoms with Crippen molar-refractivity contribution in [2.24, 2.45) is 0 Å². The third kappa shape index (κ3) is 4.09. The molecular formula is C15H12BrF5N4O2S. The number of piperazine rings is 1. The van der Waals surface area contributed by atoms with Gasteiger partial charge in [-0.3, -0.25) is 0 Å². The summed E-state index contributed by atoms with van der Waals surface area (Å²) in [5.74, 6) is -1.22. The molecule has 0 unspecified atom stereocenters. The van der Waals surface area contributed by atoms with Crippen molar-refractivity contribution < 1.29 is 31.9 Å². The molecule has 0 radical (unpaired) electrons. The van der Waals surface area contributed by atoms with Crippen LogP contribution in [0.5, 0.6) is 0 Å². The maximum absolute atomic E-state index is 14.6. The van der Waals surface area contributed by atoms with E-state index < -0.39 is 56.2 Å². The maximum atomic E-state index is 14.6. The lowest BCUT2D eigenvalue weighted by Crippen LogP contribution is -2.53. The average molecular weight is 487 g/mol. The number of thioether (sulfide) groups is 1. The van der Waals surface area contributed by atoms with Crippen molar-refractivity contribution >= 4 is 50.5 Å². The molecule has 1 atom stereocenters. The third-order valence-corrected chi connectivity index (χ3v) is 6.00. The third-order valence-electron chi connectivity index (χ3n) is 4.19. The molecule has 1 fully saturated rings. The summed E-state index contributed by atoms with van der Waals surface area (Å²) < 4.78 is 66.5. The van der Waals surface area contributed by atoms with Crippen molar-refractivity contribution in [1.29, 1.82) is 0 Å². The van der Waals surface area contributed by atoms with Gasteiger partial charge in [-0.15, -0.1) is 0 Å². The Morgan fingerprint density at radius 1 is 1.32 bits per heavy atom. The van der Waals surface area contributed by atoms with Crippen LogP contribution in [0, 0.1) is 11.9 Å². The Kier molecular flexibility index (Phi) is 5.58. The summed E-state index contributed by atoms with van der Waals surface area (Å²) in [5, 5.41) is 9.00. The fraction of sp³-hybridized carbons (Fsp3) is 0.400. The minimum atomic E-state index is -4.66. The lowest BCUT2D eigenvalue weighted by atomic mass is 10.1. The van der Waals surface area contributed by atoms with E-state index in [1.165, 1.54) is 4.90 Å². The molecule has 6 nitrogen and oxygen atoms in total. The van der Waals surface area contributed by atoms with Gasteiger partial charge in [0, 0.05) is 36.0 Å². The molecule has 1 aromatic carbocycles. The van der Waals surface area contributed by atoms with E-state index in [1.807, 2.05) is 0 Å². The zero-order chi connectivity index (χ0) is 20.8. The molecule has 0 aliphatic carbocycles. The minimum Gasteiger partial charge on any atom is -0.465 e. The van der Waals surface area contributed by atoms with Gasteiger partial charge in [0.05, 0.1) is 4.47 Å². The van der Waals surface area contributed by atoms with E-state index in [2.05, 4.69) is 25.9 Å². The van der Waals surface area contributed by atoms with Gasteiger partial charge < -0.3 is 14.9 Å². The zero-order valence-corrected chi connectivity index (χ0v) is 16.5. The number of halogens is 6. The number of aromatic nitrogens is 2. The molecule has 1 amide bonds. The largest absolute Gasteiger partial charge is 0.465 e. The number of nitrogens with zero attached hydrogens (tertiary/aromatic N) is 4. The van der Waals surface area contributed by atoms with Gasteiger partial charge in [0.2, 0.25) is 0 Å². The van der Waals surface area contributed by atoms with E-state index in [-0.39, 0.29) is 30.8 Å². The Hall–Kier alpha value is -1.89. The van der Waals surface area contributed by atoms with Crippen LogP contribution in [0.2, 0.25) is 0 Å². The molecule has 0 saturated carbocycles. The second-order valence-electron chi connectivity index (χ2n) is 6.03. The Morgan fingerprint density at radius 3 is 2.57 bits per heavy atom. The van der Waals surface area contributed by atoms with Gasteiger partial charge in [0.1, 0.15) is 11.3 Å². The first kappa shape index (κ1) is 20.8. The normalized spacial score (nSPS) is 18.0. The van der Waals surface area contributed by atoms with E-state index >= 15 is 0 Å². The van der Waals surface area contributed by atoms with Gasteiger partial charge in [-0.2, -0.15) is 27.5 Å². The first-order valence-electron chi connectivity index (χ1n) is 7.83. The van der Waals surface area contributed by atoms with Crippen LogP contribution in [0.3, 0.4) is 0 Å². The first-order chi connectivity index (χ1) is 13.0. The van der Waals surface area contributed by atoms with Gasteiger partial charge in [-0.05, 0) is 40.7 Å². The van der Waals surface area contributed by atoms with Crippen molar-refractivity contribution in [2.45, 2.75) is 23.4 Å². The summed E-state index contributed by atoms with van der Waals surface area (Å²) >= 11 is 2.25. The monoisotopic (exact) mass is 486 g/mol. The molecule has 1 aliphatic heterocycles. The zero-order valence-electron chi connectivity index (χ0n) is 14.1. The van der Waals surface area contributed by atoms with E-state index in [4.69, 9.17) is 5.11 Å². The standard InChI is InChI=1S/C15H12BrF5N4O2S/c1-6-5-24(14(26)27)2-3-25(6)12-7-4-8(28-15(19,20)21)9(16)10(17)11(7)22-13(18)23-12/h4,6H,2-3,5H2,1H3,(H,26,27)/t6-/m0/s1. The molecule has 1 aliphatic rings. The molecule has 1 aromatic heterocycles. The van der Waals surface area contributed by atoms with Gasteiger partial charge in [0.25, 0.3) is 0 Å². The van der Waals surface area contributed by atoms with E-state index in [0.717, 1.165) is 11.0 Å². The second kappa shape index (κ2) is 7.50. The summed E-state index contributed by atoms with van der Waals surface area (Å²) in [6, 6.07) is 0.582. The van der Waals surface area contributed by atoms with Crippen LogP contribution in [0.15, 0.2) is 15.4 Å². The Morgan fingerprint density at radius 2 is 2.00 bits per heavy atom. The lowest BCUT2D eigenvalue weighted by Gasteiger charge is -2.39. The van der Waals surface area contributed by atoms with Crippen LogP contribution in [0.4, 0.5) is 32.6 Å². The topological polar surface area (TPSA) is 69.6 Å². The molecule has 2 aromatic rings.